The van der Waals surface area contributed by atoms with Gasteiger partial charge in [-0.25, -0.2) is 4.98 Å². The van der Waals surface area contributed by atoms with Crippen LogP contribution in [0, 0.1) is 22.7 Å². The van der Waals surface area contributed by atoms with Crippen molar-refractivity contribution in [2.24, 2.45) is 7.05 Å². The summed E-state index contributed by atoms with van der Waals surface area (Å²) in [6, 6.07) is 11.2. The van der Waals surface area contributed by atoms with E-state index in [-0.39, 0.29) is 39.1 Å². The predicted molar refractivity (Wildman–Crippen MR) is 116 cm³/mol. The fourth-order valence-electron chi connectivity index (χ4n) is 3.29. The van der Waals surface area contributed by atoms with Crippen molar-refractivity contribution in [2.45, 2.75) is 17.2 Å². The topological polar surface area (TPSA) is 184 Å². The van der Waals surface area contributed by atoms with Crippen LogP contribution in [0.25, 0.3) is 22.2 Å². The normalized spacial score (nSPS) is 11.6. The molecule has 33 heavy (non-hydrogen) atoms. The number of H-pyrrole nitrogens is 1. The monoisotopic (exact) mass is 460 g/mol. The third-order valence-corrected chi connectivity index (χ3v) is 5.98. The fraction of sp³-hybridized carbons (Fsp3) is 0.143. The molecule has 3 aromatic heterocycles. The summed E-state index contributed by atoms with van der Waals surface area (Å²) >= 11 is 0.980. The highest BCUT2D eigenvalue weighted by atomic mass is 32.2. The van der Waals surface area contributed by atoms with Gasteiger partial charge in [0.1, 0.15) is 28.5 Å². The van der Waals surface area contributed by atoms with Crippen LogP contribution in [-0.4, -0.2) is 26.4 Å². The van der Waals surface area contributed by atoms with Gasteiger partial charge in [-0.3, -0.25) is 4.79 Å². The van der Waals surface area contributed by atoms with E-state index in [1.807, 2.05) is 30.3 Å². The van der Waals surface area contributed by atoms with Gasteiger partial charge in [-0.05, 0) is 31.2 Å². The number of nitrogen functional groups attached to an aromatic ring is 1. The largest absolute Gasteiger partial charge is 0.539 e. The number of nitrogens with two attached hydrogens (primary N) is 1. The number of pyridine rings is 1. The second-order valence-electron chi connectivity index (χ2n) is 7.01. The Bertz CT molecular complexity index is 1460. The van der Waals surface area contributed by atoms with Gasteiger partial charge in [0, 0.05) is 22.8 Å². The van der Waals surface area contributed by atoms with Crippen LogP contribution < -0.4 is 20.8 Å². The number of fused-ring (bicyclic) bond motifs is 1. The summed E-state index contributed by atoms with van der Waals surface area (Å²) in [5, 5.41) is 38.3. The number of benzene rings is 1. The Morgan fingerprint density at radius 2 is 2.09 bits per heavy atom. The summed E-state index contributed by atoms with van der Waals surface area (Å²) in [6.45, 7) is 1.64. The standard InChI is InChI=1S/C21H15N8O3S/c1-10(19(30)26-12-3-4-15-11(7-12)5-6-25-15)33-20-14(9-23)16(13(8-22)18(24)27-20)17-21(31)32-28-29(17)2/h3-7,10H,1-2H3,(H3,24,27,31)/q-1/p+1. The average molecular weight is 460 g/mol. The number of nitrogens with zero attached hydrogens (tertiary/aromatic N) is 5. The number of hydrogen-bond acceptors (Lipinski definition) is 9. The number of nitriles is 2. The molecule has 3 heterocycles. The lowest BCUT2D eigenvalue weighted by Crippen LogP contribution is -2.32. The first kappa shape index (κ1) is 21.7. The Labute approximate surface area is 191 Å². The van der Waals surface area contributed by atoms with E-state index in [0.717, 1.165) is 27.3 Å². The number of amides is 1. The molecule has 11 nitrogen and oxygen atoms in total. The highest BCUT2D eigenvalue weighted by molar-refractivity contribution is 8.00. The molecule has 0 aliphatic heterocycles. The molecule has 1 amide bonds. The molecule has 1 unspecified atom stereocenters. The number of nitrogens with one attached hydrogen (secondary N) is 2. The zero-order valence-electron chi connectivity index (χ0n) is 17.4. The SMILES string of the molecule is CC(Sc1nc(N)c(C#N)c(-c2c([O-])on[n+]2C)c1C#N)C(=O)Nc1ccc2[nH]ccc2c1. The summed E-state index contributed by atoms with van der Waals surface area (Å²) in [5.74, 6) is -1.34. The van der Waals surface area contributed by atoms with E-state index in [4.69, 9.17) is 5.73 Å². The summed E-state index contributed by atoms with van der Waals surface area (Å²) in [6.07, 6.45) is 1.81. The van der Waals surface area contributed by atoms with Crippen molar-refractivity contribution in [3.8, 4) is 29.3 Å². The molecule has 1 aromatic carbocycles. The molecule has 0 aliphatic rings. The lowest BCUT2D eigenvalue weighted by Gasteiger charge is -2.15. The minimum Gasteiger partial charge on any atom is -0.539 e. The van der Waals surface area contributed by atoms with Crippen LogP contribution in [0.5, 0.6) is 5.95 Å². The number of aromatic amines is 1. The number of carbonyl (C=O) groups is 1. The molecular weight excluding hydrogens is 444 g/mol. The van der Waals surface area contributed by atoms with Crippen molar-refractivity contribution in [1.82, 2.24) is 15.2 Å². The van der Waals surface area contributed by atoms with E-state index < -0.39 is 11.2 Å². The van der Waals surface area contributed by atoms with E-state index in [1.165, 1.54) is 7.05 Å². The number of rotatable bonds is 5. The summed E-state index contributed by atoms with van der Waals surface area (Å²) in [4.78, 5) is 20.0. The zero-order valence-corrected chi connectivity index (χ0v) is 18.2. The molecule has 0 radical (unpaired) electrons. The third-order valence-electron chi connectivity index (χ3n) is 4.89. The first-order chi connectivity index (χ1) is 15.8. The first-order valence-electron chi connectivity index (χ1n) is 9.55. The Hall–Kier alpha value is -4.55. The molecule has 4 aromatic rings. The molecule has 164 valence electrons. The van der Waals surface area contributed by atoms with Gasteiger partial charge in [0.2, 0.25) is 5.91 Å². The second-order valence-corrected chi connectivity index (χ2v) is 8.34. The molecule has 0 saturated heterocycles. The molecule has 0 saturated carbocycles. The number of thioether (sulfide) groups is 1. The van der Waals surface area contributed by atoms with Gasteiger partial charge in [-0.1, -0.05) is 16.4 Å². The maximum absolute atomic E-state index is 12.8. The second kappa shape index (κ2) is 8.53. The smallest absolute Gasteiger partial charge is 0.266 e. The van der Waals surface area contributed by atoms with Crippen molar-refractivity contribution in [3.05, 3.63) is 41.6 Å². The molecule has 0 spiro atoms. The minimum atomic E-state index is -0.835. The molecule has 0 bridgehead atoms. The van der Waals surface area contributed by atoms with Gasteiger partial charge in [-0.2, -0.15) is 10.5 Å². The summed E-state index contributed by atoms with van der Waals surface area (Å²) in [5.41, 5.74) is 7.14. The minimum absolute atomic E-state index is 0.0331. The van der Waals surface area contributed by atoms with Gasteiger partial charge >= 0.3 is 0 Å². The van der Waals surface area contributed by atoms with E-state index >= 15 is 0 Å². The number of anilines is 2. The van der Waals surface area contributed by atoms with Gasteiger partial charge in [0.25, 0.3) is 5.69 Å². The molecule has 0 aliphatic carbocycles. The van der Waals surface area contributed by atoms with Crippen LogP contribution in [0.3, 0.4) is 0 Å². The van der Waals surface area contributed by atoms with Crippen molar-refractivity contribution in [1.29, 1.82) is 10.5 Å². The van der Waals surface area contributed by atoms with Crippen LogP contribution in [0.2, 0.25) is 0 Å². The number of carbonyl (C=O) groups excluding carboxylic acids is 1. The highest BCUT2D eigenvalue weighted by Gasteiger charge is 2.30. The average Bonchev–Trinajstić information content (AvgIpc) is 3.38. The molecule has 1 atom stereocenters. The van der Waals surface area contributed by atoms with Crippen LogP contribution in [-0.2, 0) is 11.8 Å². The van der Waals surface area contributed by atoms with Crippen LogP contribution in [0.4, 0.5) is 11.5 Å². The maximum Gasteiger partial charge on any atom is 0.266 e. The maximum atomic E-state index is 12.8. The third kappa shape index (κ3) is 3.91. The van der Waals surface area contributed by atoms with Crippen molar-refractivity contribution in [3.63, 3.8) is 0 Å². The molecule has 4 N–H and O–H groups in total. The molecular formula is C21H16N8O3S. The number of aromatic nitrogens is 4. The van der Waals surface area contributed by atoms with E-state index in [0.29, 0.717) is 5.69 Å². The van der Waals surface area contributed by atoms with E-state index in [9.17, 15) is 20.4 Å². The predicted octanol–water partition coefficient (Wildman–Crippen LogP) is 1.56. The van der Waals surface area contributed by atoms with Crippen LogP contribution >= 0.6 is 11.8 Å². The van der Waals surface area contributed by atoms with Crippen LogP contribution in [0.15, 0.2) is 40.0 Å². The Morgan fingerprint density at radius 1 is 1.33 bits per heavy atom. The Kier molecular flexibility index (Phi) is 5.60. The van der Waals surface area contributed by atoms with Gasteiger partial charge in [0.15, 0.2) is 13.0 Å². The molecule has 0 fully saturated rings. The lowest BCUT2D eigenvalue weighted by molar-refractivity contribution is -0.730. The van der Waals surface area contributed by atoms with E-state index in [1.54, 1.807) is 19.2 Å². The van der Waals surface area contributed by atoms with Crippen molar-refractivity contribution >= 4 is 40.1 Å². The lowest BCUT2D eigenvalue weighted by atomic mass is 10.0. The van der Waals surface area contributed by atoms with Crippen molar-refractivity contribution < 1.29 is 19.1 Å². The Balaban J connectivity index is 1.68. The molecule has 4 rings (SSSR count). The van der Waals surface area contributed by atoms with Crippen molar-refractivity contribution in [2.75, 3.05) is 11.1 Å². The van der Waals surface area contributed by atoms with Crippen LogP contribution in [0.1, 0.15) is 18.1 Å². The van der Waals surface area contributed by atoms with Gasteiger partial charge in [0.05, 0.1) is 21.6 Å². The summed E-state index contributed by atoms with van der Waals surface area (Å²) in [7, 11) is 1.43. The fourth-order valence-corrected chi connectivity index (χ4v) is 4.21. The Morgan fingerprint density at radius 3 is 2.76 bits per heavy atom. The first-order valence-corrected chi connectivity index (χ1v) is 10.4. The molecule has 12 heteroatoms. The zero-order chi connectivity index (χ0) is 23.7. The number of aryl methyl sites for hydroxylation is 1. The van der Waals surface area contributed by atoms with Gasteiger partial charge in [-0.15, -0.1) is 0 Å². The summed E-state index contributed by atoms with van der Waals surface area (Å²) < 4.78 is 5.75. The highest BCUT2D eigenvalue weighted by Crippen LogP contribution is 2.38. The quantitative estimate of drug-likeness (QED) is 0.293. The van der Waals surface area contributed by atoms with Gasteiger partial charge < -0.3 is 25.7 Å². The van der Waals surface area contributed by atoms with E-state index in [2.05, 4.69) is 25.1 Å². The number of hydrogen-bond donors (Lipinski definition) is 3.